The smallest absolute Gasteiger partial charge is 0.387 e. The molecule has 182 valence electrons. The molecule has 0 bridgehead atoms. The Hall–Kier alpha value is -4.48. The summed E-state index contributed by atoms with van der Waals surface area (Å²) >= 11 is 0. The van der Waals surface area contributed by atoms with Crippen LogP contribution in [0.4, 0.5) is 22.0 Å². The summed E-state index contributed by atoms with van der Waals surface area (Å²) in [7, 11) is 0. The van der Waals surface area contributed by atoms with E-state index >= 15 is 0 Å². The molecule has 0 saturated heterocycles. The van der Waals surface area contributed by atoms with Crippen LogP contribution in [-0.4, -0.2) is 36.6 Å². The first kappa shape index (κ1) is 23.3. The first-order valence-electron chi connectivity index (χ1n) is 10.5. The number of hydrogen-bond donors (Lipinski definition) is 0. The molecule has 3 heterocycles. The van der Waals surface area contributed by atoms with Gasteiger partial charge in [0.2, 0.25) is 0 Å². The summed E-state index contributed by atoms with van der Waals surface area (Å²) < 4.78 is 72.0. The zero-order valence-corrected chi connectivity index (χ0v) is 18.5. The fourth-order valence-electron chi connectivity index (χ4n) is 3.59. The van der Waals surface area contributed by atoms with Gasteiger partial charge < -0.3 is 4.74 Å². The first-order valence-corrected chi connectivity index (χ1v) is 10.5. The van der Waals surface area contributed by atoms with Gasteiger partial charge in [-0.25, -0.2) is 23.1 Å². The van der Waals surface area contributed by atoms with Crippen LogP contribution in [-0.2, 0) is 6.54 Å². The highest BCUT2D eigenvalue weighted by Gasteiger charge is 2.19. The average molecular weight is 498 g/mol. The summed E-state index contributed by atoms with van der Waals surface area (Å²) in [6.07, 6.45) is 3.18. The molecule has 0 unspecified atom stereocenters. The van der Waals surface area contributed by atoms with Crippen LogP contribution in [0.1, 0.15) is 11.3 Å². The standard InChI is InChI=1S/C24H15F5N6O/c1-12-15(3-2-4-16(12)25)23-31-20-9-30-35(11-21(20)32-23)10-14-5-6-19(34-33-14)13-7-17(26)22(18(27)8-13)36-24(28)29/h2-9,11,24H,10H2,1H3. The Balaban J connectivity index is 1.36. The third-order valence-corrected chi connectivity index (χ3v) is 5.37. The van der Waals surface area contributed by atoms with Crippen molar-refractivity contribution < 1.29 is 26.7 Å². The molecule has 36 heavy (non-hydrogen) atoms. The number of benzene rings is 2. The van der Waals surface area contributed by atoms with E-state index in [0.29, 0.717) is 34.0 Å². The predicted molar refractivity (Wildman–Crippen MR) is 118 cm³/mol. The molecular formula is C24H15F5N6O. The van der Waals surface area contributed by atoms with Gasteiger partial charge in [-0.15, -0.1) is 0 Å². The van der Waals surface area contributed by atoms with E-state index in [1.54, 1.807) is 36.0 Å². The van der Waals surface area contributed by atoms with Gasteiger partial charge >= 0.3 is 6.61 Å². The van der Waals surface area contributed by atoms with E-state index in [-0.39, 0.29) is 23.6 Å². The largest absolute Gasteiger partial charge is 0.429 e. The number of hydrogen-bond acceptors (Lipinski definition) is 6. The maximum atomic E-state index is 14.0. The van der Waals surface area contributed by atoms with Crippen molar-refractivity contribution in [2.24, 2.45) is 0 Å². The molecule has 1 aromatic heterocycles. The summed E-state index contributed by atoms with van der Waals surface area (Å²) in [5.41, 5.74) is 2.73. The second-order valence-electron chi connectivity index (χ2n) is 7.76. The van der Waals surface area contributed by atoms with E-state index in [2.05, 4.69) is 30.0 Å². The molecule has 2 aliphatic rings. The van der Waals surface area contributed by atoms with Crippen molar-refractivity contribution in [1.82, 2.24) is 29.9 Å². The highest BCUT2D eigenvalue weighted by atomic mass is 19.3. The Morgan fingerprint density at radius 2 is 1.64 bits per heavy atom. The maximum Gasteiger partial charge on any atom is 0.387 e. The summed E-state index contributed by atoms with van der Waals surface area (Å²) in [5, 5.41) is 12.3. The summed E-state index contributed by atoms with van der Waals surface area (Å²) in [6.45, 7) is -1.50. The fourth-order valence-corrected chi connectivity index (χ4v) is 3.59. The molecular weight excluding hydrogens is 483 g/mol. The molecule has 7 nitrogen and oxygen atoms in total. The van der Waals surface area contributed by atoms with Crippen LogP contribution in [0, 0.1) is 24.4 Å². The van der Waals surface area contributed by atoms with Crippen molar-refractivity contribution >= 4 is 0 Å². The van der Waals surface area contributed by atoms with Crippen molar-refractivity contribution in [2.75, 3.05) is 0 Å². The Kier molecular flexibility index (Phi) is 6.00. The van der Waals surface area contributed by atoms with Crippen molar-refractivity contribution in [3.8, 4) is 39.8 Å². The normalized spacial score (nSPS) is 11.4. The summed E-state index contributed by atoms with van der Waals surface area (Å²) in [4.78, 5) is 8.90. The van der Waals surface area contributed by atoms with Crippen LogP contribution in [0.3, 0.4) is 0 Å². The number of ether oxygens (including phenoxy) is 1. The second-order valence-corrected chi connectivity index (χ2v) is 7.76. The molecule has 2 aromatic carbocycles. The van der Waals surface area contributed by atoms with Gasteiger partial charge in [-0.2, -0.15) is 24.1 Å². The van der Waals surface area contributed by atoms with E-state index in [9.17, 15) is 22.0 Å². The van der Waals surface area contributed by atoms with E-state index in [0.717, 1.165) is 12.1 Å². The van der Waals surface area contributed by atoms with Crippen LogP contribution in [0.15, 0.2) is 54.9 Å². The third-order valence-electron chi connectivity index (χ3n) is 5.37. The van der Waals surface area contributed by atoms with Crippen molar-refractivity contribution in [2.45, 2.75) is 20.1 Å². The number of rotatable bonds is 6. The molecule has 3 aromatic rings. The molecule has 0 aliphatic carbocycles. The molecule has 0 N–H and O–H groups in total. The van der Waals surface area contributed by atoms with E-state index in [1.165, 1.54) is 18.3 Å². The van der Waals surface area contributed by atoms with Crippen LogP contribution in [0.25, 0.3) is 34.0 Å². The molecule has 5 rings (SSSR count). The van der Waals surface area contributed by atoms with Crippen molar-refractivity contribution in [3.05, 3.63) is 83.6 Å². The van der Waals surface area contributed by atoms with Crippen LogP contribution >= 0.6 is 0 Å². The van der Waals surface area contributed by atoms with Crippen LogP contribution in [0.5, 0.6) is 5.75 Å². The lowest BCUT2D eigenvalue weighted by molar-refractivity contribution is -0.0546. The highest BCUT2D eigenvalue weighted by Crippen LogP contribution is 2.30. The van der Waals surface area contributed by atoms with Crippen molar-refractivity contribution in [3.63, 3.8) is 0 Å². The fraction of sp³-hybridized carbons (Fsp3) is 0.125. The van der Waals surface area contributed by atoms with E-state index in [1.807, 2.05) is 0 Å². The molecule has 0 radical (unpaired) electrons. The van der Waals surface area contributed by atoms with Crippen LogP contribution in [0.2, 0.25) is 0 Å². The first-order chi connectivity index (χ1) is 17.3. The lowest BCUT2D eigenvalue weighted by Gasteiger charge is -2.09. The minimum Gasteiger partial charge on any atom is -0.429 e. The number of aromatic nitrogens is 6. The Labute approximate surface area is 200 Å². The molecule has 0 fully saturated rings. The molecule has 2 aliphatic heterocycles. The van der Waals surface area contributed by atoms with Crippen LogP contribution < -0.4 is 4.74 Å². The number of alkyl halides is 2. The average Bonchev–Trinajstić information content (AvgIpc) is 3.26. The van der Waals surface area contributed by atoms with Gasteiger partial charge in [0, 0.05) is 11.1 Å². The highest BCUT2D eigenvalue weighted by molar-refractivity contribution is 5.67. The Morgan fingerprint density at radius 3 is 2.33 bits per heavy atom. The number of halogens is 5. The van der Waals surface area contributed by atoms with Gasteiger partial charge in [-0.05, 0) is 42.8 Å². The van der Waals surface area contributed by atoms with Gasteiger partial charge in [-0.3, -0.25) is 4.68 Å². The number of imidazole rings is 1. The monoisotopic (exact) mass is 498 g/mol. The molecule has 0 saturated carbocycles. The minimum absolute atomic E-state index is 0.00472. The molecule has 0 amide bonds. The quantitative estimate of drug-likeness (QED) is 0.297. The molecule has 0 spiro atoms. The number of fused-ring (bicyclic) bond motifs is 1. The van der Waals surface area contributed by atoms with E-state index in [4.69, 9.17) is 0 Å². The Morgan fingerprint density at radius 1 is 0.889 bits per heavy atom. The summed E-state index contributed by atoms with van der Waals surface area (Å²) in [5.74, 6) is -3.70. The molecule has 0 atom stereocenters. The van der Waals surface area contributed by atoms with Gasteiger partial charge in [0.1, 0.15) is 17.2 Å². The van der Waals surface area contributed by atoms with Gasteiger partial charge in [-0.1, -0.05) is 12.1 Å². The van der Waals surface area contributed by atoms with E-state index < -0.39 is 24.0 Å². The topological polar surface area (TPSA) is 78.6 Å². The Bertz CT molecular complexity index is 1500. The number of nitrogens with zero attached hydrogens (tertiary/aromatic N) is 6. The van der Waals surface area contributed by atoms with Gasteiger partial charge in [0.05, 0.1) is 30.3 Å². The van der Waals surface area contributed by atoms with Crippen molar-refractivity contribution in [1.29, 1.82) is 0 Å². The lowest BCUT2D eigenvalue weighted by atomic mass is 10.1. The third kappa shape index (κ3) is 4.57. The maximum absolute atomic E-state index is 14.0. The zero-order valence-electron chi connectivity index (χ0n) is 18.5. The lowest BCUT2D eigenvalue weighted by Crippen LogP contribution is -2.08. The van der Waals surface area contributed by atoms with Gasteiger partial charge in [0.25, 0.3) is 0 Å². The summed E-state index contributed by atoms with van der Waals surface area (Å²) in [6, 6.07) is 9.43. The zero-order chi connectivity index (χ0) is 25.4. The second kappa shape index (κ2) is 9.29. The van der Waals surface area contributed by atoms with Gasteiger partial charge in [0.15, 0.2) is 23.2 Å². The molecule has 12 heteroatoms. The predicted octanol–water partition coefficient (Wildman–Crippen LogP) is 5.28. The minimum atomic E-state index is -3.36. The SMILES string of the molecule is Cc1c(F)cccc1-c1nc2cnn(Cc3ccc(-c4cc(F)c(OC(F)F)c(F)c4)nn3)cc-2n1.